The van der Waals surface area contributed by atoms with Gasteiger partial charge in [-0.3, -0.25) is 4.90 Å². The van der Waals surface area contributed by atoms with Gasteiger partial charge in [0.2, 0.25) is 0 Å². The van der Waals surface area contributed by atoms with Gasteiger partial charge in [0, 0.05) is 12.6 Å². The number of hydrogen-bond acceptors (Lipinski definition) is 3. The number of nitrogens with zero attached hydrogens (tertiary/aromatic N) is 2. The summed E-state index contributed by atoms with van der Waals surface area (Å²) in [7, 11) is 2.25. The predicted octanol–water partition coefficient (Wildman–Crippen LogP) is 1.01. The van der Waals surface area contributed by atoms with Gasteiger partial charge in [-0.1, -0.05) is 6.92 Å². The maximum Gasteiger partial charge on any atom is 0.0120 e. The van der Waals surface area contributed by atoms with Crippen molar-refractivity contribution < 1.29 is 0 Å². The molecular weight excluding hydrogens is 198 g/mol. The van der Waals surface area contributed by atoms with E-state index in [1.165, 1.54) is 58.5 Å². The van der Waals surface area contributed by atoms with Crippen LogP contribution in [0.25, 0.3) is 0 Å². The van der Waals surface area contributed by atoms with Crippen LogP contribution in [0, 0.1) is 5.92 Å². The fraction of sp³-hybridized carbons (Fsp3) is 1.00. The summed E-state index contributed by atoms with van der Waals surface area (Å²) in [5.41, 5.74) is 0. The molecule has 1 unspecified atom stereocenters. The maximum atomic E-state index is 3.53. The van der Waals surface area contributed by atoms with E-state index in [2.05, 4.69) is 29.1 Å². The third-order valence-corrected chi connectivity index (χ3v) is 4.04. The van der Waals surface area contributed by atoms with Gasteiger partial charge < -0.3 is 10.2 Å². The summed E-state index contributed by atoms with van der Waals surface area (Å²) in [6, 6.07) is 0.858. The highest BCUT2D eigenvalue weighted by Crippen LogP contribution is 2.18. The lowest BCUT2D eigenvalue weighted by Crippen LogP contribution is -2.48. The van der Waals surface area contributed by atoms with Crippen molar-refractivity contribution in [3.05, 3.63) is 0 Å². The molecule has 0 aliphatic carbocycles. The lowest BCUT2D eigenvalue weighted by molar-refractivity contribution is 0.100. The van der Waals surface area contributed by atoms with E-state index in [4.69, 9.17) is 0 Å². The number of nitrogens with one attached hydrogen (secondary N) is 1. The van der Waals surface area contributed by atoms with E-state index in [0.717, 1.165) is 12.0 Å². The largest absolute Gasteiger partial charge is 0.316 e. The molecule has 2 rings (SSSR count). The zero-order valence-corrected chi connectivity index (χ0v) is 10.9. The van der Waals surface area contributed by atoms with Crippen LogP contribution in [0.15, 0.2) is 0 Å². The minimum Gasteiger partial charge on any atom is -0.316 e. The Morgan fingerprint density at radius 3 is 2.62 bits per heavy atom. The Hall–Kier alpha value is -0.120. The molecule has 2 fully saturated rings. The second-order valence-electron chi connectivity index (χ2n) is 5.69. The lowest BCUT2D eigenvalue weighted by atomic mass is 10.0. The molecular formula is C13H27N3. The van der Waals surface area contributed by atoms with Crippen LogP contribution in [0.2, 0.25) is 0 Å². The normalized spacial score (nSPS) is 32.2. The smallest absolute Gasteiger partial charge is 0.0120 e. The average Bonchev–Trinajstić information content (AvgIpc) is 2.24. The van der Waals surface area contributed by atoms with Crippen LogP contribution in [-0.4, -0.2) is 62.2 Å². The van der Waals surface area contributed by atoms with Gasteiger partial charge in [-0.15, -0.1) is 0 Å². The second-order valence-corrected chi connectivity index (χ2v) is 5.69. The van der Waals surface area contributed by atoms with E-state index in [9.17, 15) is 0 Å². The van der Waals surface area contributed by atoms with E-state index in [-0.39, 0.29) is 0 Å². The van der Waals surface area contributed by atoms with Crippen LogP contribution >= 0.6 is 0 Å². The van der Waals surface area contributed by atoms with Crippen molar-refractivity contribution in [3.8, 4) is 0 Å². The van der Waals surface area contributed by atoms with E-state index in [1.807, 2.05) is 0 Å². The molecule has 0 radical (unpaired) electrons. The standard InChI is InChI=1S/C13H27N3/c1-12-10-14-6-3-7-16(11-12)13-4-8-15(2)9-5-13/h12-14H,3-11H2,1-2H3. The second kappa shape index (κ2) is 5.99. The van der Waals surface area contributed by atoms with Crippen molar-refractivity contribution in [3.63, 3.8) is 0 Å². The summed E-state index contributed by atoms with van der Waals surface area (Å²) in [6.45, 7) is 9.94. The zero-order valence-electron chi connectivity index (χ0n) is 10.9. The van der Waals surface area contributed by atoms with Gasteiger partial charge in [0.15, 0.2) is 0 Å². The molecule has 2 aliphatic rings. The molecule has 0 bridgehead atoms. The fourth-order valence-corrected chi connectivity index (χ4v) is 3.00. The van der Waals surface area contributed by atoms with Crippen LogP contribution < -0.4 is 5.32 Å². The summed E-state index contributed by atoms with van der Waals surface area (Å²) < 4.78 is 0. The van der Waals surface area contributed by atoms with Crippen LogP contribution in [0.4, 0.5) is 0 Å². The Balaban J connectivity index is 1.85. The molecule has 0 saturated carbocycles. The Morgan fingerprint density at radius 2 is 1.88 bits per heavy atom. The fourth-order valence-electron chi connectivity index (χ4n) is 3.00. The summed E-state index contributed by atoms with van der Waals surface area (Å²) in [6.07, 6.45) is 4.06. The molecule has 0 aromatic carbocycles. The minimum absolute atomic E-state index is 0.806. The van der Waals surface area contributed by atoms with Crippen LogP contribution in [-0.2, 0) is 0 Å². The molecule has 2 saturated heterocycles. The maximum absolute atomic E-state index is 3.53. The van der Waals surface area contributed by atoms with Crippen molar-refractivity contribution in [2.75, 3.05) is 46.3 Å². The predicted molar refractivity (Wildman–Crippen MR) is 68.7 cm³/mol. The molecule has 94 valence electrons. The average molecular weight is 225 g/mol. The lowest BCUT2D eigenvalue weighted by Gasteiger charge is -2.39. The van der Waals surface area contributed by atoms with E-state index in [1.54, 1.807) is 0 Å². The number of hydrogen-bond donors (Lipinski definition) is 1. The van der Waals surface area contributed by atoms with Crippen molar-refractivity contribution in [2.45, 2.75) is 32.2 Å². The SMILES string of the molecule is CC1CNCCCN(C2CCN(C)CC2)C1. The zero-order chi connectivity index (χ0) is 11.4. The first-order valence-corrected chi connectivity index (χ1v) is 6.89. The summed E-state index contributed by atoms with van der Waals surface area (Å²) in [5, 5.41) is 3.53. The van der Waals surface area contributed by atoms with E-state index in [0.29, 0.717) is 0 Å². The van der Waals surface area contributed by atoms with Crippen molar-refractivity contribution in [1.29, 1.82) is 0 Å². The topological polar surface area (TPSA) is 18.5 Å². The molecule has 2 heterocycles. The third kappa shape index (κ3) is 3.44. The molecule has 2 aliphatic heterocycles. The van der Waals surface area contributed by atoms with Crippen molar-refractivity contribution in [2.24, 2.45) is 5.92 Å². The minimum atomic E-state index is 0.806. The van der Waals surface area contributed by atoms with Gasteiger partial charge in [-0.25, -0.2) is 0 Å². The first-order chi connectivity index (χ1) is 7.75. The van der Waals surface area contributed by atoms with Gasteiger partial charge in [-0.2, -0.15) is 0 Å². The van der Waals surface area contributed by atoms with Crippen molar-refractivity contribution in [1.82, 2.24) is 15.1 Å². The third-order valence-electron chi connectivity index (χ3n) is 4.04. The van der Waals surface area contributed by atoms with E-state index >= 15 is 0 Å². The molecule has 0 aromatic rings. The van der Waals surface area contributed by atoms with Crippen LogP contribution in [0.1, 0.15) is 26.2 Å². The molecule has 3 heteroatoms. The highest BCUT2D eigenvalue weighted by molar-refractivity contribution is 4.81. The van der Waals surface area contributed by atoms with Gasteiger partial charge in [0.25, 0.3) is 0 Å². The Labute approximate surface area is 100 Å². The number of likely N-dealkylation sites (tertiary alicyclic amines) is 1. The van der Waals surface area contributed by atoms with Gasteiger partial charge in [0.05, 0.1) is 0 Å². The summed E-state index contributed by atoms with van der Waals surface area (Å²) in [4.78, 5) is 5.23. The highest BCUT2D eigenvalue weighted by Gasteiger charge is 2.24. The molecule has 16 heavy (non-hydrogen) atoms. The summed E-state index contributed by atoms with van der Waals surface area (Å²) in [5.74, 6) is 0.806. The first kappa shape index (κ1) is 12.3. The van der Waals surface area contributed by atoms with Gasteiger partial charge >= 0.3 is 0 Å². The monoisotopic (exact) mass is 225 g/mol. The Morgan fingerprint density at radius 1 is 1.12 bits per heavy atom. The Kier molecular flexibility index (Phi) is 4.62. The molecule has 1 N–H and O–H groups in total. The quantitative estimate of drug-likeness (QED) is 0.718. The molecule has 0 amide bonds. The van der Waals surface area contributed by atoms with E-state index < -0.39 is 0 Å². The highest BCUT2D eigenvalue weighted by atomic mass is 15.2. The van der Waals surface area contributed by atoms with Gasteiger partial charge in [0.1, 0.15) is 0 Å². The van der Waals surface area contributed by atoms with Crippen molar-refractivity contribution >= 4 is 0 Å². The number of rotatable bonds is 1. The molecule has 1 atom stereocenters. The summed E-state index contributed by atoms with van der Waals surface area (Å²) >= 11 is 0. The Bertz CT molecular complexity index is 199. The molecule has 0 spiro atoms. The van der Waals surface area contributed by atoms with Crippen LogP contribution in [0.3, 0.4) is 0 Å². The molecule has 0 aromatic heterocycles. The first-order valence-electron chi connectivity index (χ1n) is 6.89. The van der Waals surface area contributed by atoms with Crippen LogP contribution in [0.5, 0.6) is 0 Å². The number of piperidine rings is 1. The molecule has 3 nitrogen and oxygen atoms in total. The van der Waals surface area contributed by atoms with Gasteiger partial charge in [-0.05, 0) is 65.0 Å².